The molecule has 0 spiro atoms. The summed E-state index contributed by atoms with van der Waals surface area (Å²) in [7, 11) is 2.04. The molecule has 2 unspecified atom stereocenters. The molecule has 2 fully saturated rings. The first kappa shape index (κ1) is 14.3. The van der Waals surface area contributed by atoms with Crippen molar-refractivity contribution in [3.05, 3.63) is 41.6 Å². The molecule has 0 N–H and O–H groups in total. The number of rotatable bonds is 2. The van der Waals surface area contributed by atoms with Crippen LogP contribution in [0.15, 0.2) is 36.5 Å². The molecule has 0 bridgehead atoms. The molecule has 0 radical (unpaired) electrons. The first-order chi connectivity index (χ1) is 11.6. The van der Waals surface area contributed by atoms with Crippen LogP contribution in [0.2, 0.25) is 5.02 Å². The van der Waals surface area contributed by atoms with Gasteiger partial charge in [0.15, 0.2) is 0 Å². The number of imidazole rings is 1. The van der Waals surface area contributed by atoms with E-state index >= 15 is 0 Å². The number of halogens is 1. The van der Waals surface area contributed by atoms with E-state index in [9.17, 15) is 0 Å². The minimum Gasteiger partial charge on any atom is -0.356 e. The highest BCUT2D eigenvalue weighted by Gasteiger charge is 2.52. The molecule has 1 aliphatic heterocycles. The Morgan fingerprint density at radius 3 is 2.67 bits per heavy atom. The Morgan fingerprint density at radius 1 is 1.17 bits per heavy atom. The summed E-state index contributed by atoms with van der Waals surface area (Å²) in [6.07, 6.45) is 1.76. The van der Waals surface area contributed by atoms with Crippen LogP contribution in [0, 0.1) is 17.8 Å². The topological polar surface area (TPSA) is 34.0 Å². The lowest BCUT2D eigenvalue weighted by Gasteiger charge is -2.21. The first-order valence-electron chi connectivity index (χ1n) is 8.46. The highest BCUT2D eigenvalue weighted by atomic mass is 35.5. The summed E-state index contributed by atoms with van der Waals surface area (Å²) in [6.45, 7) is 4.58. The van der Waals surface area contributed by atoms with Gasteiger partial charge < -0.3 is 9.47 Å². The molecular formula is C19H19ClN4. The maximum atomic E-state index is 6.46. The van der Waals surface area contributed by atoms with Gasteiger partial charge in [-0.15, -0.1) is 0 Å². The molecule has 1 saturated heterocycles. The van der Waals surface area contributed by atoms with Gasteiger partial charge in [0.25, 0.3) is 0 Å². The Balaban J connectivity index is 1.57. The first-order valence-corrected chi connectivity index (χ1v) is 8.83. The van der Waals surface area contributed by atoms with E-state index in [-0.39, 0.29) is 0 Å². The molecule has 2 aliphatic rings. The van der Waals surface area contributed by atoms with Gasteiger partial charge >= 0.3 is 0 Å². The fraction of sp³-hybridized carbons (Fsp3) is 0.368. The van der Waals surface area contributed by atoms with Gasteiger partial charge in [-0.1, -0.05) is 30.7 Å². The number of para-hydroxylation sites is 2. The van der Waals surface area contributed by atoms with Gasteiger partial charge in [0.05, 0.1) is 16.1 Å². The minimum atomic E-state index is 0.648. The van der Waals surface area contributed by atoms with Crippen LogP contribution in [0.5, 0.6) is 0 Å². The lowest BCUT2D eigenvalue weighted by Crippen LogP contribution is -2.24. The molecule has 1 aliphatic carbocycles. The van der Waals surface area contributed by atoms with E-state index in [2.05, 4.69) is 33.5 Å². The Labute approximate surface area is 146 Å². The Kier molecular flexibility index (Phi) is 2.95. The number of anilines is 1. The number of aromatic nitrogens is 3. The predicted molar refractivity (Wildman–Crippen MR) is 97.3 cm³/mol. The van der Waals surface area contributed by atoms with Crippen LogP contribution >= 0.6 is 11.6 Å². The third-order valence-electron chi connectivity index (χ3n) is 5.82. The Bertz CT molecular complexity index is 936. The molecule has 3 atom stereocenters. The number of hydrogen-bond donors (Lipinski definition) is 0. The molecule has 4 nitrogen and oxygen atoms in total. The number of aryl methyl sites for hydroxylation is 1. The molecule has 1 aromatic carbocycles. The van der Waals surface area contributed by atoms with Crippen molar-refractivity contribution < 1.29 is 0 Å². The van der Waals surface area contributed by atoms with Crippen LogP contribution in [0.3, 0.4) is 0 Å². The largest absolute Gasteiger partial charge is 0.356 e. The lowest BCUT2D eigenvalue weighted by atomic mass is 10.2. The SMILES string of the molecule is CC1C2CN(c3cc(-c4nc5ccccc5n4C)c(Cl)cn3)C[C@H]12. The predicted octanol–water partition coefficient (Wildman–Crippen LogP) is 3.99. The highest BCUT2D eigenvalue weighted by molar-refractivity contribution is 6.33. The Hall–Kier alpha value is -2.07. The van der Waals surface area contributed by atoms with Crippen molar-refractivity contribution >= 4 is 28.5 Å². The fourth-order valence-corrected chi connectivity index (χ4v) is 4.36. The van der Waals surface area contributed by atoms with Crippen LogP contribution in [0.4, 0.5) is 5.82 Å². The van der Waals surface area contributed by atoms with E-state index in [0.29, 0.717) is 5.02 Å². The van der Waals surface area contributed by atoms with Crippen LogP contribution in [0.25, 0.3) is 22.4 Å². The second-order valence-electron chi connectivity index (χ2n) is 7.10. The number of benzene rings is 1. The molecule has 1 saturated carbocycles. The number of pyridine rings is 1. The van der Waals surface area contributed by atoms with Crippen LogP contribution in [-0.2, 0) is 7.05 Å². The van der Waals surface area contributed by atoms with Gasteiger partial charge in [0, 0.05) is 31.9 Å². The van der Waals surface area contributed by atoms with E-state index in [1.54, 1.807) is 6.20 Å². The maximum Gasteiger partial charge on any atom is 0.142 e. The molecule has 3 aromatic rings. The Morgan fingerprint density at radius 2 is 1.92 bits per heavy atom. The van der Waals surface area contributed by atoms with Crippen LogP contribution in [0.1, 0.15) is 6.92 Å². The lowest BCUT2D eigenvalue weighted by molar-refractivity contribution is 0.684. The van der Waals surface area contributed by atoms with Crippen molar-refractivity contribution in [2.24, 2.45) is 24.8 Å². The third-order valence-corrected chi connectivity index (χ3v) is 6.12. The summed E-state index contributed by atoms with van der Waals surface area (Å²) < 4.78 is 2.10. The number of nitrogens with zero attached hydrogens (tertiary/aromatic N) is 4. The van der Waals surface area contributed by atoms with Crippen molar-refractivity contribution in [1.82, 2.24) is 14.5 Å². The summed E-state index contributed by atoms with van der Waals surface area (Å²) in [5.74, 6) is 4.49. The standard InChI is InChI=1S/C19H19ClN4/c1-11-13-9-24(10-14(11)13)18-7-12(15(20)8-21-18)19-22-16-5-3-4-6-17(16)23(19)2/h3-8,11,13-14H,9-10H2,1-2H3/t11?,13-,14?/m1/s1. The highest BCUT2D eigenvalue weighted by Crippen LogP contribution is 2.52. The van der Waals surface area contributed by atoms with Crippen molar-refractivity contribution in [3.8, 4) is 11.4 Å². The summed E-state index contributed by atoms with van der Waals surface area (Å²) in [6, 6.07) is 10.3. The molecule has 3 heterocycles. The molecule has 122 valence electrons. The zero-order valence-corrected chi connectivity index (χ0v) is 14.5. The second-order valence-corrected chi connectivity index (χ2v) is 7.50. The minimum absolute atomic E-state index is 0.648. The maximum absolute atomic E-state index is 6.46. The summed E-state index contributed by atoms with van der Waals surface area (Å²) in [5.41, 5.74) is 3.05. The van der Waals surface area contributed by atoms with E-state index in [0.717, 1.165) is 59.1 Å². The fourth-order valence-electron chi connectivity index (χ4n) is 4.17. The molecule has 2 aromatic heterocycles. The van der Waals surface area contributed by atoms with E-state index < -0.39 is 0 Å². The third kappa shape index (κ3) is 1.99. The number of hydrogen-bond acceptors (Lipinski definition) is 3. The van der Waals surface area contributed by atoms with Gasteiger partial charge in [-0.3, -0.25) is 0 Å². The van der Waals surface area contributed by atoms with Gasteiger partial charge in [-0.2, -0.15) is 0 Å². The summed E-state index contributed by atoms with van der Waals surface area (Å²) >= 11 is 6.46. The van der Waals surface area contributed by atoms with Gasteiger partial charge in [-0.25, -0.2) is 9.97 Å². The summed E-state index contributed by atoms with van der Waals surface area (Å²) in [4.78, 5) is 11.7. The van der Waals surface area contributed by atoms with E-state index in [4.69, 9.17) is 16.6 Å². The smallest absolute Gasteiger partial charge is 0.142 e. The van der Waals surface area contributed by atoms with E-state index in [1.165, 1.54) is 0 Å². The molecule has 0 amide bonds. The monoisotopic (exact) mass is 338 g/mol. The molecule has 5 heteroatoms. The van der Waals surface area contributed by atoms with Crippen LogP contribution in [-0.4, -0.2) is 27.6 Å². The van der Waals surface area contributed by atoms with Crippen LogP contribution < -0.4 is 4.90 Å². The normalized spacial score (nSPS) is 25.3. The molecule has 24 heavy (non-hydrogen) atoms. The van der Waals surface area contributed by atoms with Crippen molar-refractivity contribution in [2.75, 3.05) is 18.0 Å². The zero-order valence-electron chi connectivity index (χ0n) is 13.8. The average Bonchev–Trinajstić information content (AvgIpc) is 2.95. The molecular weight excluding hydrogens is 320 g/mol. The quantitative estimate of drug-likeness (QED) is 0.708. The number of fused-ring (bicyclic) bond motifs is 2. The zero-order chi connectivity index (χ0) is 16.4. The average molecular weight is 339 g/mol. The van der Waals surface area contributed by atoms with Crippen molar-refractivity contribution in [2.45, 2.75) is 6.92 Å². The number of piperidine rings is 1. The van der Waals surface area contributed by atoms with Crippen molar-refractivity contribution in [1.29, 1.82) is 0 Å². The van der Waals surface area contributed by atoms with Crippen molar-refractivity contribution in [3.63, 3.8) is 0 Å². The molecule has 5 rings (SSSR count). The van der Waals surface area contributed by atoms with Gasteiger partial charge in [0.1, 0.15) is 11.6 Å². The van der Waals surface area contributed by atoms with E-state index in [1.807, 2.05) is 25.2 Å². The summed E-state index contributed by atoms with van der Waals surface area (Å²) in [5, 5.41) is 0.648. The van der Waals surface area contributed by atoms with Gasteiger partial charge in [-0.05, 0) is 36.0 Å². The second kappa shape index (κ2) is 4.96. The van der Waals surface area contributed by atoms with Gasteiger partial charge in [0.2, 0.25) is 0 Å².